The maximum atomic E-state index is 5.40. The van der Waals surface area contributed by atoms with Gasteiger partial charge in [0.2, 0.25) is 0 Å². The fourth-order valence-electron chi connectivity index (χ4n) is 1.34. The van der Waals surface area contributed by atoms with E-state index in [1.165, 1.54) is 0 Å². The van der Waals surface area contributed by atoms with E-state index in [0.29, 0.717) is 6.01 Å². The molecule has 0 amide bonds. The molecule has 4 nitrogen and oxygen atoms in total. The summed E-state index contributed by atoms with van der Waals surface area (Å²) < 4.78 is 5.40. The Labute approximate surface area is 88.4 Å². The third-order valence-electron chi connectivity index (χ3n) is 2.12. The molecule has 0 spiro atoms. The minimum atomic E-state index is 0.561. The predicted octanol–water partition coefficient (Wildman–Crippen LogP) is 1.90. The molecule has 0 radical (unpaired) electrons. The Hall–Kier alpha value is -1.84. The van der Waals surface area contributed by atoms with E-state index in [0.717, 1.165) is 24.3 Å². The summed E-state index contributed by atoms with van der Waals surface area (Å²) >= 11 is 0. The predicted molar refractivity (Wildman–Crippen MR) is 57.7 cm³/mol. The van der Waals surface area contributed by atoms with Gasteiger partial charge in [0.25, 0.3) is 6.01 Å². The second kappa shape index (κ2) is 4.59. The molecule has 2 aromatic heterocycles. The molecule has 0 saturated heterocycles. The molecule has 4 heteroatoms. The van der Waals surface area contributed by atoms with E-state index < -0.39 is 0 Å². The molecule has 0 aromatic carbocycles. The van der Waals surface area contributed by atoms with Crippen molar-refractivity contribution >= 4 is 6.01 Å². The summed E-state index contributed by atoms with van der Waals surface area (Å²) in [6.07, 6.45) is 5.24. The second-order valence-corrected chi connectivity index (χ2v) is 3.20. The number of aryl methyl sites for hydroxylation is 2. The highest BCUT2D eigenvalue weighted by molar-refractivity contribution is 5.18. The number of aromatic nitrogens is 2. The van der Waals surface area contributed by atoms with E-state index >= 15 is 0 Å². The molecule has 0 saturated carbocycles. The Morgan fingerprint density at radius 3 is 2.87 bits per heavy atom. The molecule has 1 N–H and O–H groups in total. The van der Waals surface area contributed by atoms with Crippen LogP contribution >= 0.6 is 0 Å². The molecule has 2 aromatic rings. The van der Waals surface area contributed by atoms with Crippen LogP contribution in [0.1, 0.15) is 11.5 Å². The van der Waals surface area contributed by atoms with E-state index in [1.807, 2.05) is 18.2 Å². The minimum absolute atomic E-state index is 0.561. The number of anilines is 1. The summed E-state index contributed by atoms with van der Waals surface area (Å²) in [7, 11) is 1.79. The summed E-state index contributed by atoms with van der Waals surface area (Å²) in [6, 6.07) is 6.47. The van der Waals surface area contributed by atoms with Crippen LogP contribution in [0.5, 0.6) is 0 Å². The van der Waals surface area contributed by atoms with E-state index in [1.54, 1.807) is 19.4 Å². The summed E-state index contributed by atoms with van der Waals surface area (Å²) in [5.41, 5.74) is 1.07. The fraction of sp³-hybridized carbons (Fsp3) is 0.273. The normalized spacial score (nSPS) is 10.2. The number of nitrogens with zero attached hydrogens (tertiary/aromatic N) is 2. The first-order valence-electron chi connectivity index (χ1n) is 4.91. The lowest BCUT2D eigenvalue weighted by Crippen LogP contribution is -1.92. The second-order valence-electron chi connectivity index (χ2n) is 3.20. The van der Waals surface area contributed by atoms with Crippen LogP contribution in [0.2, 0.25) is 0 Å². The van der Waals surface area contributed by atoms with Gasteiger partial charge >= 0.3 is 0 Å². The molecule has 2 heterocycles. The molecule has 0 fully saturated rings. The highest BCUT2D eigenvalue weighted by Crippen LogP contribution is 2.10. The number of nitrogens with one attached hydrogen (secondary N) is 1. The third-order valence-corrected chi connectivity index (χ3v) is 2.12. The molecule has 2 rings (SSSR count). The van der Waals surface area contributed by atoms with E-state index in [2.05, 4.69) is 15.3 Å². The van der Waals surface area contributed by atoms with Crippen molar-refractivity contribution in [3.63, 3.8) is 0 Å². The SMILES string of the molecule is CNc1ncc(CCc2ccccn2)o1. The van der Waals surface area contributed by atoms with Crippen molar-refractivity contribution in [1.29, 1.82) is 0 Å². The lowest BCUT2D eigenvalue weighted by Gasteiger charge is -1.96. The molecule has 0 bridgehead atoms. The Kier molecular flexibility index (Phi) is 2.97. The van der Waals surface area contributed by atoms with Gasteiger partial charge in [0.05, 0.1) is 6.20 Å². The summed E-state index contributed by atoms with van der Waals surface area (Å²) in [6.45, 7) is 0. The van der Waals surface area contributed by atoms with Crippen molar-refractivity contribution in [2.24, 2.45) is 0 Å². The molecule has 0 aliphatic carbocycles. The zero-order valence-electron chi connectivity index (χ0n) is 8.60. The lowest BCUT2D eigenvalue weighted by molar-refractivity contribution is 0.517. The maximum Gasteiger partial charge on any atom is 0.294 e. The summed E-state index contributed by atoms with van der Waals surface area (Å²) in [5.74, 6) is 0.880. The first kappa shape index (κ1) is 9.71. The zero-order valence-corrected chi connectivity index (χ0v) is 8.60. The number of hydrogen-bond donors (Lipinski definition) is 1. The van der Waals surface area contributed by atoms with Gasteiger partial charge in [-0.1, -0.05) is 6.07 Å². The van der Waals surface area contributed by atoms with E-state index in [9.17, 15) is 0 Å². The van der Waals surface area contributed by atoms with Crippen molar-refractivity contribution in [3.05, 3.63) is 42.0 Å². The number of rotatable bonds is 4. The largest absolute Gasteiger partial charge is 0.429 e. The molecule has 78 valence electrons. The van der Waals surface area contributed by atoms with Gasteiger partial charge in [-0.15, -0.1) is 0 Å². The molecule has 0 aliphatic heterocycles. The first-order valence-corrected chi connectivity index (χ1v) is 4.91. The van der Waals surface area contributed by atoms with Crippen LogP contribution in [0, 0.1) is 0 Å². The zero-order chi connectivity index (χ0) is 10.5. The minimum Gasteiger partial charge on any atom is -0.429 e. The van der Waals surface area contributed by atoms with Crippen molar-refractivity contribution in [1.82, 2.24) is 9.97 Å². The Morgan fingerprint density at radius 1 is 1.27 bits per heavy atom. The molecular weight excluding hydrogens is 190 g/mol. The van der Waals surface area contributed by atoms with Gasteiger partial charge in [-0.2, -0.15) is 0 Å². The van der Waals surface area contributed by atoms with E-state index in [-0.39, 0.29) is 0 Å². The quantitative estimate of drug-likeness (QED) is 0.824. The smallest absolute Gasteiger partial charge is 0.294 e. The van der Waals surface area contributed by atoms with Crippen LogP contribution in [0.3, 0.4) is 0 Å². The summed E-state index contributed by atoms with van der Waals surface area (Å²) in [4.78, 5) is 8.29. The fourth-order valence-corrected chi connectivity index (χ4v) is 1.34. The molecule has 0 unspecified atom stereocenters. The first-order chi connectivity index (χ1) is 7.38. The van der Waals surface area contributed by atoms with Crippen molar-refractivity contribution in [2.45, 2.75) is 12.8 Å². The highest BCUT2D eigenvalue weighted by Gasteiger charge is 2.02. The number of oxazole rings is 1. The topological polar surface area (TPSA) is 51.0 Å². The van der Waals surface area contributed by atoms with Gasteiger partial charge in [0.1, 0.15) is 5.76 Å². The maximum absolute atomic E-state index is 5.40. The molecular formula is C11H13N3O. The number of hydrogen-bond acceptors (Lipinski definition) is 4. The standard InChI is InChI=1S/C11H13N3O/c1-12-11-14-8-10(15-11)6-5-9-4-2-3-7-13-9/h2-4,7-8H,5-6H2,1H3,(H,12,14). The molecule has 0 atom stereocenters. The van der Waals surface area contributed by atoms with Gasteiger partial charge < -0.3 is 9.73 Å². The van der Waals surface area contributed by atoms with Crippen LogP contribution in [-0.2, 0) is 12.8 Å². The van der Waals surface area contributed by atoms with Crippen molar-refractivity contribution in [3.8, 4) is 0 Å². The average molecular weight is 203 g/mol. The Morgan fingerprint density at radius 2 is 2.20 bits per heavy atom. The number of pyridine rings is 1. The van der Waals surface area contributed by atoms with Crippen molar-refractivity contribution < 1.29 is 4.42 Å². The van der Waals surface area contributed by atoms with Gasteiger partial charge in [-0.25, -0.2) is 4.98 Å². The summed E-state index contributed by atoms with van der Waals surface area (Å²) in [5, 5.41) is 2.85. The highest BCUT2D eigenvalue weighted by atomic mass is 16.4. The van der Waals surface area contributed by atoms with Crippen LogP contribution in [0.4, 0.5) is 6.01 Å². The van der Waals surface area contributed by atoms with Crippen LogP contribution in [0.15, 0.2) is 35.0 Å². The lowest BCUT2D eigenvalue weighted by atomic mass is 10.2. The Bertz CT molecular complexity index is 411. The van der Waals surface area contributed by atoms with Crippen LogP contribution in [-0.4, -0.2) is 17.0 Å². The molecule has 0 aliphatic rings. The average Bonchev–Trinajstić information content (AvgIpc) is 2.76. The van der Waals surface area contributed by atoms with Crippen molar-refractivity contribution in [2.75, 3.05) is 12.4 Å². The van der Waals surface area contributed by atoms with Crippen LogP contribution in [0.25, 0.3) is 0 Å². The van der Waals surface area contributed by atoms with Gasteiger partial charge in [0.15, 0.2) is 0 Å². The Balaban J connectivity index is 1.93. The monoisotopic (exact) mass is 203 g/mol. The molecule has 15 heavy (non-hydrogen) atoms. The van der Waals surface area contributed by atoms with E-state index in [4.69, 9.17) is 4.42 Å². The third kappa shape index (κ3) is 2.56. The van der Waals surface area contributed by atoms with Crippen LogP contribution < -0.4 is 5.32 Å². The van der Waals surface area contributed by atoms with Gasteiger partial charge in [-0.05, 0) is 18.6 Å². The van der Waals surface area contributed by atoms with Gasteiger partial charge in [-0.3, -0.25) is 4.98 Å². The van der Waals surface area contributed by atoms with Gasteiger partial charge in [0, 0.05) is 25.4 Å².